The van der Waals surface area contributed by atoms with Crippen LogP contribution in [0.5, 0.6) is 0 Å². The number of fused-ring (bicyclic) bond motifs is 2. The molecule has 532 valence electrons. The molecule has 4 N–H and O–H groups in total. The Bertz CT molecular complexity index is 2940. The number of alkyl halides is 3. The molecular weight excluding hydrogens is 1250 g/mol. The summed E-state index contributed by atoms with van der Waals surface area (Å²) in [6.45, 7) is 16.1. The number of benzene rings is 1. The van der Waals surface area contributed by atoms with Gasteiger partial charge in [0.2, 0.25) is 65.0 Å². The molecule has 26 heteroatoms. The minimum atomic E-state index is -4.75. The van der Waals surface area contributed by atoms with Crippen molar-refractivity contribution in [2.45, 2.75) is 250 Å². The average Bonchev–Trinajstić information content (AvgIpc) is 1.44. The molecule has 0 radical (unpaired) electrons. The van der Waals surface area contributed by atoms with Gasteiger partial charge in [0.25, 0.3) is 0 Å². The second-order valence-electron chi connectivity index (χ2n) is 29.0. The lowest BCUT2D eigenvalue weighted by Crippen LogP contribution is -2.65. The summed E-state index contributed by atoms with van der Waals surface area (Å²) in [6, 6.07) is -6.68. The summed E-state index contributed by atoms with van der Waals surface area (Å²) < 4.78 is 41.5. The van der Waals surface area contributed by atoms with E-state index in [1.54, 1.807) is 20.8 Å². The molecule has 3 saturated heterocycles. The van der Waals surface area contributed by atoms with Crippen molar-refractivity contribution in [2.75, 3.05) is 54.9 Å². The van der Waals surface area contributed by atoms with Crippen molar-refractivity contribution < 1.29 is 65.9 Å². The summed E-state index contributed by atoms with van der Waals surface area (Å²) in [6.07, 6.45) is 2.56. The zero-order chi connectivity index (χ0) is 70.7. The number of hydrogen-bond acceptors (Lipinski definition) is 11. The van der Waals surface area contributed by atoms with E-state index in [2.05, 4.69) is 21.3 Å². The van der Waals surface area contributed by atoms with Gasteiger partial charge in [-0.05, 0) is 118 Å². The van der Waals surface area contributed by atoms with Crippen molar-refractivity contribution in [3.05, 3.63) is 34.3 Å². The predicted octanol–water partition coefficient (Wildman–Crippen LogP) is 6.72. The molecular formula is C69H107ClF3N11O11. The van der Waals surface area contributed by atoms with E-state index in [-0.39, 0.29) is 95.1 Å². The molecule has 6 rings (SSSR count). The smallest absolute Gasteiger partial charge is 0.351 e. The van der Waals surface area contributed by atoms with Gasteiger partial charge in [0.1, 0.15) is 53.9 Å². The van der Waals surface area contributed by atoms with Crippen LogP contribution >= 0.6 is 11.6 Å². The first-order valence-corrected chi connectivity index (χ1v) is 34.9. The molecule has 0 aromatic heterocycles. The molecule has 1 aromatic rings. The maximum Gasteiger partial charge on any atom is 0.417 e. The number of nitrogens with zero attached hydrogens (tertiary/aromatic N) is 7. The molecule has 0 bridgehead atoms. The molecule has 1 aromatic carbocycles. The third-order valence-corrected chi connectivity index (χ3v) is 20.7. The predicted molar refractivity (Wildman–Crippen MR) is 353 cm³/mol. The minimum absolute atomic E-state index is 0.0340. The Kier molecular flexibility index (Phi) is 27.4. The van der Waals surface area contributed by atoms with E-state index in [1.807, 2.05) is 41.5 Å². The van der Waals surface area contributed by atoms with Crippen LogP contribution in [0.2, 0.25) is 5.02 Å². The molecule has 5 aliphatic rings. The fourth-order valence-electron chi connectivity index (χ4n) is 14.6. The normalized spacial score (nSPS) is 27.7. The Hall–Kier alpha value is -6.53. The van der Waals surface area contributed by atoms with Crippen LogP contribution in [0.4, 0.5) is 13.2 Å². The Labute approximate surface area is 564 Å². The number of hydrogen-bond donors (Lipinski definition) is 4. The number of likely N-dealkylation sites (N-methyl/N-ethyl adjacent to an activating group) is 5. The molecule has 3 aliphatic heterocycles. The van der Waals surface area contributed by atoms with E-state index < -0.39 is 160 Å². The molecule has 10 atom stereocenters. The number of amides is 11. The third kappa shape index (κ3) is 19.2. The van der Waals surface area contributed by atoms with E-state index >= 15 is 24.0 Å². The lowest BCUT2D eigenvalue weighted by atomic mass is 9.84. The lowest BCUT2D eigenvalue weighted by molar-refractivity contribution is -0.161. The number of nitrogens with one attached hydrogen (secondary N) is 4. The maximum atomic E-state index is 15.1. The van der Waals surface area contributed by atoms with Crippen LogP contribution in [-0.2, 0) is 65.3 Å². The van der Waals surface area contributed by atoms with Crippen LogP contribution in [0.3, 0.4) is 0 Å². The van der Waals surface area contributed by atoms with Crippen LogP contribution < -0.4 is 21.3 Å². The van der Waals surface area contributed by atoms with Crippen molar-refractivity contribution >= 4 is 76.6 Å². The highest BCUT2D eigenvalue weighted by Gasteiger charge is 2.51. The third-order valence-electron chi connectivity index (χ3n) is 20.4. The van der Waals surface area contributed by atoms with Crippen molar-refractivity contribution in [2.24, 2.45) is 29.6 Å². The van der Waals surface area contributed by atoms with E-state index in [1.165, 1.54) is 75.6 Å². The SMILES string of the molecule is CC[C@H](C)[C@@H]1NC(=O)[C@H](CC(C)C)N(C)C(=O)C[C@@H](C)NC(=O)[C@H](C(C)C)N(C)C(=O)C2(CCCC2)NC(=O)[C@@H]2CCCN2C(=O)[C@H](CCc2ccc(C(F)(F)F)c(Cl)c2)NC(=O)CN(C)C(=O)[C@H](CC2CCCCC2)N(C)C(=O)[C@@H]2CCN2C(=O)[C@H](CC(C)C)N(C)C1=O. The second kappa shape index (κ2) is 33.6. The van der Waals surface area contributed by atoms with E-state index in [0.29, 0.717) is 31.2 Å². The van der Waals surface area contributed by atoms with Crippen LogP contribution in [0.15, 0.2) is 18.2 Å². The van der Waals surface area contributed by atoms with Crippen molar-refractivity contribution in [1.29, 1.82) is 0 Å². The Morgan fingerprint density at radius 1 is 0.621 bits per heavy atom. The Balaban J connectivity index is 1.40. The molecule has 22 nitrogen and oxygen atoms in total. The van der Waals surface area contributed by atoms with E-state index in [4.69, 9.17) is 11.6 Å². The molecule has 3 heterocycles. The largest absolute Gasteiger partial charge is 0.417 e. The van der Waals surface area contributed by atoms with Gasteiger partial charge in [-0.1, -0.05) is 124 Å². The zero-order valence-corrected chi connectivity index (χ0v) is 59.3. The van der Waals surface area contributed by atoms with E-state index in [9.17, 15) is 41.9 Å². The van der Waals surface area contributed by atoms with Gasteiger partial charge in [0, 0.05) is 60.8 Å². The molecule has 2 saturated carbocycles. The van der Waals surface area contributed by atoms with Crippen LogP contribution in [0, 0.1) is 29.6 Å². The van der Waals surface area contributed by atoms with Gasteiger partial charge >= 0.3 is 6.18 Å². The van der Waals surface area contributed by atoms with Gasteiger partial charge in [-0.3, -0.25) is 52.7 Å². The number of halogens is 4. The number of rotatable bonds is 12. The Morgan fingerprint density at radius 2 is 1.23 bits per heavy atom. The van der Waals surface area contributed by atoms with Crippen LogP contribution in [-0.4, -0.2) is 214 Å². The van der Waals surface area contributed by atoms with Gasteiger partial charge < -0.3 is 55.6 Å². The fraction of sp³-hybridized carbons (Fsp3) is 0.754. The topological polar surface area (TPSA) is 259 Å². The number of carbonyl (C=O) groups excluding carboxylic acids is 11. The second-order valence-corrected chi connectivity index (χ2v) is 29.4. The molecule has 95 heavy (non-hydrogen) atoms. The van der Waals surface area contributed by atoms with Crippen LogP contribution in [0.25, 0.3) is 0 Å². The van der Waals surface area contributed by atoms with Gasteiger partial charge in [0.05, 0.1) is 17.1 Å². The first-order valence-electron chi connectivity index (χ1n) is 34.5. The van der Waals surface area contributed by atoms with Gasteiger partial charge in [-0.25, -0.2) is 0 Å². The monoisotopic (exact) mass is 1360 g/mol. The summed E-state index contributed by atoms with van der Waals surface area (Å²) in [5.41, 5.74) is -2.24. The summed E-state index contributed by atoms with van der Waals surface area (Å²) in [7, 11) is 7.39. The highest BCUT2D eigenvalue weighted by atomic mass is 35.5. The number of carbonyl (C=O) groups is 11. The number of aryl methyl sites for hydroxylation is 1. The van der Waals surface area contributed by atoms with Gasteiger partial charge in [-0.2, -0.15) is 13.2 Å². The molecule has 1 spiro atoms. The molecule has 11 amide bonds. The minimum Gasteiger partial charge on any atom is -0.351 e. The standard InChI is InChI=1S/C69H107ClF3N11O11/c1-15-43(8)57-66(94)81(13)53(35-41(4)5)65(93)84-33-29-51(84)64(92)80(12)54(38-45-22-17-16-18-23-45)63(91)78(10)39-55(85)75-49(28-26-46-25-27-47(48(70)37-46)69(71,72)73)62(90)83-32-21-24-50(83)60(88)77-68(30-19-20-31-68)67(95)82(14)58(42(6)7)61(89)74-44(9)36-56(86)79(11)52(34-40(2)3)59(87)76-57/h25,27,37,40-45,49-54,57-58H,15-24,26,28-36,38-39H2,1-14H3,(H,74,89)(H,75,85)(H,76,87)(H,77,88)/t43-,44+,49-,50-,51-,52-,53-,54-,57-,58-/m0/s1. The van der Waals surface area contributed by atoms with Crippen LogP contribution in [0.1, 0.15) is 189 Å². The average molecular weight is 1360 g/mol. The maximum absolute atomic E-state index is 15.1. The lowest BCUT2D eigenvalue weighted by Gasteiger charge is -2.46. The first-order chi connectivity index (χ1) is 44.5. The fourth-order valence-corrected chi connectivity index (χ4v) is 14.9. The van der Waals surface area contributed by atoms with E-state index in [0.717, 1.165) is 44.2 Å². The highest BCUT2D eigenvalue weighted by Crippen LogP contribution is 2.37. The van der Waals surface area contributed by atoms with Crippen molar-refractivity contribution in [3.63, 3.8) is 0 Å². The summed E-state index contributed by atoms with van der Waals surface area (Å²) in [5, 5.41) is 11.1. The van der Waals surface area contributed by atoms with Gasteiger partial charge in [0.15, 0.2) is 0 Å². The van der Waals surface area contributed by atoms with Crippen molar-refractivity contribution in [1.82, 2.24) is 55.6 Å². The van der Waals surface area contributed by atoms with Gasteiger partial charge in [-0.15, -0.1) is 0 Å². The summed E-state index contributed by atoms with van der Waals surface area (Å²) in [4.78, 5) is 172. The molecule has 2 aliphatic carbocycles. The van der Waals surface area contributed by atoms with Crippen molar-refractivity contribution in [3.8, 4) is 0 Å². The Morgan fingerprint density at radius 3 is 1.80 bits per heavy atom. The summed E-state index contributed by atoms with van der Waals surface area (Å²) >= 11 is 6.14. The molecule has 0 unspecified atom stereocenters. The first kappa shape index (κ1) is 77.5. The summed E-state index contributed by atoms with van der Waals surface area (Å²) in [5.74, 6) is -7.59. The highest BCUT2D eigenvalue weighted by molar-refractivity contribution is 6.31. The quantitative estimate of drug-likeness (QED) is 0.171. The molecule has 5 fully saturated rings. The zero-order valence-electron chi connectivity index (χ0n) is 58.5.